The SMILES string of the molecule is NC(=S)C1(C(=O)Nc2cnns2)CCCCC1. The number of aromatic nitrogens is 2. The van der Waals surface area contributed by atoms with Gasteiger partial charge in [-0.25, -0.2) is 0 Å². The number of hydrogen-bond donors (Lipinski definition) is 2. The molecule has 1 aliphatic carbocycles. The zero-order chi connectivity index (χ0) is 12.3. The highest BCUT2D eigenvalue weighted by atomic mass is 32.1. The van der Waals surface area contributed by atoms with Crippen molar-refractivity contribution in [2.75, 3.05) is 5.32 Å². The molecule has 0 unspecified atom stereocenters. The molecule has 2 rings (SSSR count). The van der Waals surface area contributed by atoms with Crippen LogP contribution in [0.15, 0.2) is 6.20 Å². The van der Waals surface area contributed by atoms with Crippen LogP contribution in [0.25, 0.3) is 0 Å². The van der Waals surface area contributed by atoms with Gasteiger partial charge in [-0.15, -0.1) is 5.10 Å². The Morgan fingerprint density at radius 1 is 1.47 bits per heavy atom. The fourth-order valence-corrected chi connectivity index (χ4v) is 2.91. The first-order valence-corrected chi connectivity index (χ1v) is 6.72. The molecule has 0 radical (unpaired) electrons. The maximum absolute atomic E-state index is 12.3. The van der Waals surface area contributed by atoms with Crippen LogP contribution >= 0.6 is 23.8 Å². The van der Waals surface area contributed by atoms with Gasteiger partial charge in [0.15, 0.2) is 0 Å². The molecule has 1 heterocycles. The highest BCUT2D eigenvalue weighted by Crippen LogP contribution is 2.37. The van der Waals surface area contributed by atoms with Crippen LogP contribution in [-0.4, -0.2) is 20.5 Å². The van der Waals surface area contributed by atoms with Crippen molar-refractivity contribution in [3.8, 4) is 0 Å². The molecule has 1 aromatic rings. The van der Waals surface area contributed by atoms with E-state index in [2.05, 4.69) is 14.9 Å². The highest BCUT2D eigenvalue weighted by molar-refractivity contribution is 7.80. The number of nitrogens with zero attached hydrogens (tertiary/aromatic N) is 2. The summed E-state index contributed by atoms with van der Waals surface area (Å²) in [5.41, 5.74) is 5.09. The van der Waals surface area contributed by atoms with Crippen molar-refractivity contribution >= 4 is 39.6 Å². The number of thiocarbonyl (C=S) groups is 1. The zero-order valence-electron chi connectivity index (χ0n) is 9.31. The van der Waals surface area contributed by atoms with Crippen LogP contribution in [0.2, 0.25) is 0 Å². The van der Waals surface area contributed by atoms with E-state index in [9.17, 15) is 4.79 Å². The minimum atomic E-state index is -0.683. The number of rotatable bonds is 3. The van der Waals surface area contributed by atoms with Crippen molar-refractivity contribution in [3.05, 3.63) is 6.20 Å². The molecule has 0 aromatic carbocycles. The molecule has 1 aliphatic rings. The normalized spacial score (nSPS) is 18.6. The average molecular weight is 270 g/mol. The number of carbonyl (C=O) groups is 1. The Kier molecular flexibility index (Phi) is 3.68. The summed E-state index contributed by atoms with van der Waals surface area (Å²) < 4.78 is 3.70. The second kappa shape index (κ2) is 5.05. The Morgan fingerprint density at radius 3 is 2.71 bits per heavy atom. The van der Waals surface area contributed by atoms with E-state index in [4.69, 9.17) is 18.0 Å². The van der Waals surface area contributed by atoms with Crippen molar-refractivity contribution < 1.29 is 4.79 Å². The van der Waals surface area contributed by atoms with Crippen molar-refractivity contribution in [1.29, 1.82) is 0 Å². The Hall–Kier alpha value is -1.08. The molecule has 3 N–H and O–H groups in total. The standard InChI is InChI=1S/C10H14N4OS2/c11-8(16)10(4-2-1-3-5-10)9(15)13-7-6-12-14-17-7/h6H,1-5H2,(H2,11,16)(H,13,15). The second-order valence-corrected chi connectivity index (χ2v) is 5.47. The summed E-state index contributed by atoms with van der Waals surface area (Å²) in [7, 11) is 0. The Morgan fingerprint density at radius 2 is 2.18 bits per heavy atom. The first-order chi connectivity index (χ1) is 8.15. The molecule has 1 fully saturated rings. The second-order valence-electron chi connectivity index (χ2n) is 4.24. The predicted octanol–water partition coefficient (Wildman–Crippen LogP) is 1.71. The largest absolute Gasteiger partial charge is 0.392 e. The third kappa shape index (κ3) is 2.44. The maximum atomic E-state index is 12.3. The van der Waals surface area contributed by atoms with Crippen molar-refractivity contribution in [2.24, 2.45) is 11.1 Å². The number of carbonyl (C=O) groups excluding carboxylic acids is 1. The number of nitrogens with two attached hydrogens (primary N) is 1. The highest BCUT2D eigenvalue weighted by Gasteiger charge is 2.42. The first-order valence-electron chi connectivity index (χ1n) is 5.54. The van der Waals surface area contributed by atoms with Crippen molar-refractivity contribution in [2.45, 2.75) is 32.1 Å². The zero-order valence-corrected chi connectivity index (χ0v) is 10.9. The lowest BCUT2D eigenvalue weighted by molar-refractivity contribution is -0.123. The van der Waals surface area contributed by atoms with E-state index in [-0.39, 0.29) is 5.91 Å². The van der Waals surface area contributed by atoms with Gasteiger partial charge < -0.3 is 11.1 Å². The average Bonchev–Trinajstić information content (AvgIpc) is 2.82. The van der Waals surface area contributed by atoms with E-state index < -0.39 is 5.41 Å². The number of anilines is 1. The lowest BCUT2D eigenvalue weighted by Gasteiger charge is -2.34. The molecule has 5 nitrogen and oxygen atoms in total. The van der Waals surface area contributed by atoms with Crippen molar-refractivity contribution in [1.82, 2.24) is 9.59 Å². The fourth-order valence-electron chi connectivity index (χ4n) is 2.19. The summed E-state index contributed by atoms with van der Waals surface area (Å²) >= 11 is 6.24. The van der Waals surface area contributed by atoms with Crippen LogP contribution in [0, 0.1) is 5.41 Å². The molecule has 1 amide bonds. The van der Waals surface area contributed by atoms with E-state index >= 15 is 0 Å². The Bertz CT molecular complexity index is 412. The lowest BCUT2D eigenvalue weighted by Crippen LogP contribution is -2.47. The Balaban J connectivity index is 2.15. The molecular weight excluding hydrogens is 256 g/mol. The number of hydrogen-bond acceptors (Lipinski definition) is 5. The first kappa shape index (κ1) is 12.4. The summed E-state index contributed by atoms with van der Waals surface area (Å²) in [6.07, 6.45) is 6.12. The van der Waals surface area contributed by atoms with Gasteiger partial charge in [0, 0.05) is 11.5 Å². The Labute approximate surface area is 109 Å². The molecule has 0 spiro atoms. The maximum Gasteiger partial charge on any atom is 0.238 e. The summed E-state index contributed by atoms with van der Waals surface area (Å²) in [6, 6.07) is 0. The number of amides is 1. The summed E-state index contributed by atoms with van der Waals surface area (Å²) in [6.45, 7) is 0. The predicted molar refractivity (Wildman–Crippen MR) is 70.8 cm³/mol. The molecule has 0 saturated heterocycles. The summed E-state index contributed by atoms with van der Waals surface area (Å²) in [5.74, 6) is -0.115. The van der Waals surface area contributed by atoms with Crippen LogP contribution in [0.5, 0.6) is 0 Å². The molecule has 1 aromatic heterocycles. The van der Waals surface area contributed by atoms with Gasteiger partial charge in [0.05, 0.1) is 16.6 Å². The molecule has 1 saturated carbocycles. The van der Waals surface area contributed by atoms with Crippen molar-refractivity contribution in [3.63, 3.8) is 0 Å². The lowest BCUT2D eigenvalue weighted by atomic mass is 9.73. The monoisotopic (exact) mass is 270 g/mol. The topological polar surface area (TPSA) is 80.9 Å². The van der Waals surface area contributed by atoms with Gasteiger partial charge in [-0.2, -0.15) is 0 Å². The van der Waals surface area contributed by atoms with Gasteiger partial charge in [0.25, 0.3) is 0 Å². The summed E-state index contributed by atoms with van der Waals surface area (Å²) in [5, 5.41) is 7.11. The van der Waals surface area contributed by atoms with E-state index in [1.807, 2.05) is 0 Å². The molecule has 92 valence electrons. The smallest absolute Gasteiger partial charge is 0.238 e. The molecule has 0 atom stereocenters. The molecular formula is C10H14N4OS2. The van der Waals surface area contributed by atoms with Gasteiger partial charge in [-0.3, -0.25) is 4.79 Å². The van der Waals surface area contributed by atoms with Crippen LogP contribution < -0.4 is 11.1 Å². The molecule has 17 heavy (non-hydrogen) atoms. The van der Waals surface area contributed by atoms with Gasteiger partial charge >= 0.3 is 0 Å². The van der Waals surface area contributed by atoms with Gasteiger partial charge in [-0.1, -0.05) is 36.0 Å². The van der Waals surface area contributed by atoms with E-state index in [0.717, 1.165) is 43.6 Å². The minimum absolute atomic E-state index is 0.115. The van der Waals surface area contributed by atoms with E-state index in [0.29, 0.717) is 9.99 Å². The molecule has 0 aliphatic heterocycles. The van der Waals surface area contributed by atoms with E-state index in [1.165, 1.54) is 6.20 Å². The molecule has 7 heteroatoms. The van der Waals surface area contributed by atoms with Gasteiger partial charge in [0.1, 0.15) is 5.00 Å². The van der Waals surface area contributed by atoms with Crippen LogP contribution in [0.3, 0.4) is 0 Å². The minimum Gasteiger partial charge on any atom is -0.392 e. The van der Waals surface area contributed by atoms with E-state index in [1.54, 1.807) is 0 Å². The van der Waals surface area contributed by atoms with Crippen LogP contribution in [0.4, 0.5) is 5.00 Å². The van der Waals surface area contributed by atoms with Gasteiger partial charge in [0.2, 0.25) is 5.91 Å². The summed E-state index contributed by atoms with van der Waals surface area (Å²) in [4.78, 5) is 12.6. The number of nitrogens with one attached hydrogen (secondary N) is 1. The third-order valence-electron chi connectivity index (χ3n) is 3.21. The van der Waals surface area contributed by atoms with Crippen LogP contribution in [0.1, 0.15) is 32.1 Å². The fraction of sp³-hybridized carbons (Fsp3) is 0.600. The van der Waals surface area contributed by atoms with Gasteiger partial charge in [-0.05, 0) is 12.8 Å². The quantitative estimate of drug-likeness (QED) is 0.817. The molecule has 0 bridgehead atoms. The van der Waals surface area contributed by atoms with Crippen LogP contribution in [-0.2, 0) is 4.79 Å². The third-order valence-corrected chi connectivity index (χ3v) is 4.18.